The number of amides is 1. The minimum absolute atomic E-state index is 0. The van der Waals surface area contributed by atoms with Crippen molar-refractivity contribution >= 4 is 46.1 Å². The van der Waals surface area contributed by atoms with E-state index in [0.29, 0.717) is 32.0 Å². The maximum atomic E-state index is 12.1. The van der Waals surface area contributed by atoms with Crippen molar-refractivity contribution < 1.29 is 17.9 Å². The van der Waals surface area contributed by atoms with Crippen LogP contribution in [0.3, 0.4) is 0 Å². The highest BCUT2D eigenvalue weighted by Gasteiger charge is 2.17. The van der Waals surface area contributed by atoms with Gasteiger partial charge in [-0.05, 0) is 44.9 Å². The second kappa shape index (κ2) is 13.0. The molecule has 1 aromatic rings. The van der Waals surface area contributed by atoms with Gasteiger partial charge in [0.25, 0.3) is 0 Å². The predicted octanol–water partition coefficient (Wildman–Crippen LogP) is 2.13. The number of carbonyl (C=O) groups excluding carboxylic acids is 1. The molecule has 1 amide bonds. The van der Waals surface area contributed by atoms with Gasteiger partial charge in [-0.25, -0.2) is 17.5 Å². The normalized spacial score (nSPS) is 12.2. The van der Waals surface area contributed by atoms with Crippen molar-refractivity contribution in [2.45, 2.75) is 44.2 Å². The summed E-state index contributed by atoms with van der Waals surface area (Å²) in [5, 5.41) is 9.02. The molecule has 0 aromatic heterocycles. The molecular weight excluding hydrogens is 521 g/mol. The topological polar surface area (TPSA) is 112 Å². The number of rotatable bonds is 8. The van der Waals surface area contributed by atoms with Crippen LogP contribution in [0.5, 0.6) is 0 Å². The molecule has 30 heavy (non-hydrogen) atoms. The summed E-state index contributed by atoms with van der Waals surface area (Å²) in [6.07, 6.45) is 0.275. The quantitative estimate of drug-likeness (QED) is 0.196. The van der Waals surface area contributed by atoms with Gasteiger partial charge in [0.1, 0.15) is 5.60 Å². The van der Waals surface area contributed by atoms with E-state index in [1.165, 1.54) is 18.4 Å². The van der Waals surface area contributed by atoms with E-state index >= 15 is 0 Å². The number of carbonyl (C=O) groups is 1. The Morgan fingerprint density at radius 3 is 2.13 bits per heavy atom. The van der Waals surface area contributed by atoms with Crippen LogP contribution in [0.2, 0.25) is 0 Å². The number of hydrogen-bond acceptors (Lipinski definition) is 5. The van der Waals surface area contributed by atoms with E-state index in [-0.39, 0.29) is 28.9 Å². The van der Waals surface area contributed by atoms with Crippen molar-refractivity contribution in [3.05, 3.63) is 29.8 Å². The minimum atomic E-state index is -3.43. The molecule has 0 atom stereocenters. The number of benzene rings is 1. The molecule has 1 aromatic carbocycles. The van der Waals surface area contributed by atoms with E-state index in [1.807, 2.05) is 20.8 Å². The minimum Gasteiger partial charge on any atom is -0.444 e. The van der Waals surface area contributed by atoms with Gasteiger partial charge >= 0.3 is 6.09 Å². The second-order valence-corrected chi connectivity index (χ2v) is 9.72. The third-order valence-electron chi connectivity index (χ3n) is 3.70. The maximum Gasteiger partial charge on any atom is 0.407 e. The summed E-state index contributed by atoms with van der Waals surface area (Å²) in [6, 6.07) is 6.71. The molecule has 0 heterocycles. The molecule has 0 unspecified atom stereocenters. The van der Waals surface area contributed by atoms with E-state index in [4.69, 9.17) is 4.74 Å². The summed E-state index contributed by atoms with van der Waals surface area (Å²) < 4.78 is 30.5. The number of hydrogen-bond donors (Lipinski definition) is 3. The average Bonchev–Trinajstić information content (AvgIpc) is 2.62. The van der Waals surface area contributed by atoms with Crippen LogP contribution >= 0.6 is 24.0 Å². The molecule has 0 spiro atoms. The Morgan fingerprint density at radius 1 is 1.07 bits per heavy atom. The number of aliphatic imine (C=N–C) groups is 1. The van der Waals surface area contributed by atoms with Crippen LogP contribution < -0.4 is 16.0 Å². The van der Waals surface area contributed by atoms with Gasteiger partial charge in [-0.3, -0.25) is 4.99 Å². The van der Waals surface area contributed by atoms with Gasteiger partial charge in [0.05, 0.1) is 4.90 Å². The lowest BCUT2D eigenvalue weighted by atomic mass is 10.2. The summed E-state index contributed by atoms with van der Waals surface area (Å²) in [5.74, 6) is 0.618. The predicted molar refractivity (Wildman–Crippen MR) is 130 cm³/mol. The van der Waals surface area contributed by atoms with Crippen LogP contribution in [0.1, 0.15) is 32.8 Å². The maximum absolute atomic E-state index is 12.1. The van der Waals surface area contributed by atoms with E-state index in [1.54, 1.807) is 31.3 Å². The van der Waals surface area contributed by atoms with Gasteiger partial charge in [-0.1, -0.05) is 12.1 Å². The first-order valence-corrected chi connectivity index (χ1v) is 10.8. The largest absolute Gasteiger partial charge is 0.444 e. The molecule has 0 saturated carbocycles. The number of sulfonamides is 1. The van der Waals surface area contributed by atoms with Crippen LogP contribution in [0.15, 0.2) is 34.2 Å². The van der Waals surface area contributed by atoms with Crippen LogP contribution in [0.4, 0.5) is 4.79 Å². The Hall–Kier alpha value is -1.60. The first kappa shape index (κ1) is 28.4. The fourth-order valence-electron chi connectivity index (χ4n) is 2.20. The van der Waals surface area contributed by atoms with E-state index in [2.05, 4.69) is 20.9 Å². The van der Waals surface area contributed by atoms with Gasteiger partial charge in [0.2, 0.25) is 10.0 Å². The molecular formula is C19H34IN5O4S. The smallest absolute Gasteiger partial charge is 0.407 e. The standard InChI is InChI=1S/C19H33N5O4S.HI/c1-19(2,3)28-18(25)22-13-7-12-21-17(20-4)23-14-15-8-10-16(11-9-15)29(26,27)24(5)6;/h8-11H,7,12-14H2,1-6H3,(H,22,25)(H2,20,21,23);1H. The third-order valence-corrected chi connectivity index (χ3v) is 5.53. The first-order chi connectivity index (χ1) is 13.5. The first-order valence-electron chi connectivity index (χ1n) is 9.38. The average molecular weight is 555 g/mol. The summed E-state index contributed by atoms with van der Waals surface area (Å²) in [6.45, 7) is 7.06. The fourth-order valence-corrected chi connectivity index (χ4v) is 3.10. The molecule has 1 rings (SSSR count). The molecule has 0 aliphatic heterocycles. The van der Waals surface area contributed by atoms with E-state index in [0.717, 1.165) is 5.56 Å². The lowest BCUT2D eigenvalue weighted by molar-refractivity contribution is 0.0527. The molecule has 172 valence electrons. The summed E-state index contributed by atoms with van der Waals surface area (Å²) >= 11 is 0. The number of guanidine groups is 1. The molecule has 11 heteroatoms. The van der Waals surface area contributed by atoms with E-state index in [9.17, 15) is 13.2 Å². The van der Waals surface area contributed by atoms with Crippen LogP contribution in [-0.4, -0.2) is 64.6 Å². The van der Waals surface area contributed by atoms with Gasteiger partial charge < -0.3 is 20.7 Å². The highest BCUT2D eigenvalue weighted by atomic mass is 127. The third kappa shape index (κ3) is 10.4. The second-order valence-electron chi connectivity index (χ2n) is 7.57. The Balaban J connectivity index is 0.00000841. The van der Waals surface area contributed by atoms with Crippen LogP contribution in [0.25, 0.3) is 0 Å². The molecule has 9 nitrogen and oxygen atoms in total. The summed E-state index contributed by atoms with van der Waals surface area (Å²) in [7, 11) is 1.25. The fraction of sp³-hybridized carbons (Fsp3) is 0.579. The van der Waals surface area contributed by atoms with E-state index < -0.39 is 21.7 Å². The molecule has 0 fully saturated rings. The molecule has 0 aliphatic carbocycles. The zero-order chi connectivity index (χ0) is 22.1. The zero-order valence-corrected chi connectivity index (χ0v) is 21.6. The molecule has 0 radical (unpaired) electrons. The molecule has 0 aliphatic rings. The number of halogens is 1. The Kier molecular flexibility index (Phi) is 12.3. The Bertz CT molecular complexity index is 790. The van der Waals surface area contributed by atoms with Crippen LogP contribution in [0, 0.1) is 0 Å². The summed E-state index contributed by atoms with van der Waals surface area (Å²) in [5.41, 5.74) is 0.417. The van der Waals surface area contributed by atoms with Crippen molar-refractivity contribution in [3.8, 4) is 0 Å². The zero-order valence-electron chi connectivity index (χ0n) is 18.5. The van der Waals surface area contributed by atoms with Crippen LogP contribution in [-0.2, 0) is 21.3 Å². The molecule has 3 N–H and O–H groups in total. The van der Waals surface area contributed by atoms with Crippen molar-refractivity contribution in [2.75, 3.05) is 34.2 Å². The lowest BCUT2D eigenvalue weighted by Gasteiger charge is -2.19. The molecule has 0 bridgehead atoms. The Morgan fingerprint density at radius 2 is 1.63 bits per heavy atom. The highest BCUT2D eigenvalue weighted by Crippen LogP contribution is 2.13. The highest BCUT2D eigenvalue weighted by molar-refractivity contribution is 14.0. The number of alkyl carbamates (subject to hydrolysis) is 1. The lowest BCUT2D eigenvalue weighted by Crippen LogP contribution is -2.39. The van der Waals surface area contributed by atoms with Gasteiger partial charge in [-0.2, -0.15) is 0 Å². The van der Waals surface area contributed by atoms with Crippen molar-refractivity contribution in [1.29, 1.82) is 0 Å². The van der Waals surface area contributed by atoms with Crippen molar-refractivity contribution in [1.82, 2.24) is 20.3 Å². The number of ether oxygens (including phenoxy) is 1. The monoisotopic (exact) mass is 555 g/mol. The van der Waals surface area contributed by atoms with Crippen molar-refractivity contribution in [3.63, 3.8) is 0 Å². The molecule has 0 saturated heterocycles. The van der Waals surface area contributed by atoms with Gasteiger partial charge in [-0.15, -0.1) is 24.0 Å². The number of nitrogens with one attached hydrogen (secondary N) is 3. The summed E-state index contributed by atoms with van der Waals surface area (Å²) in [4.78, 5) is 16.0. The van der Waals surface area contributed by atoms with Gasteiger partial charge in [0, 0.05) is 40.8 Å². The van der Waals surface area contributed by atoms with Gasteiger partial charge in [0.15, 0.2) is 5.96 Å². The van der Waals surface area contributed by atoms with Crippen molar-refractivity contribution in [2.24, 2.45) is 4.99 Å². The SMILES string of the molecule is CN=C(NCCCNC(=O)OC(C)(C)C)NCc1ccc(S(=O)(=O)N(C)C)cc1.I. The Labute approximate surface area is 197 Å². The number of nitrogens with zero attached hydrogens (tertiary/aromatic N) is 2.